The van der Waals surface area contributed by atoms with Gasteiger partial charge in [-0.15, -0.1) is 0 Å². The van der Waals surface area contributed by atoms with Crippen molar-refractivity contribution in [3.63, 3.8) is 0 Å². The molecule has 3 aromatic rings. The fourth-order valence-electron chi connectivity index (χ4n) is 3.73. The molecule has 27 heavy (non-hydrogen) atoms. The van der Waals surface area contributed by atoms with Gasteiger partial charge in [-0.2, -0.15) is 0 Å². The highest BCUT2D eigenvalue weighted by Crippen LogP contribution is 2.31. The first-order valence-electron chi connectivity index (χ1n) is 8.66. The molecule has 7 heteroatoms. The first-order valence-corrected chi connectivity index (χ1v) is 8.66. The summed E-state index contributed by atoms with van der Waals surface area (Å²) in [7, 11) is 0. The van der Waals surface area contributed by atoms with Gasteiger partial charge in [0.05, 0.1) is 12.1 Å². The second-order valence-electron chi connectivity index (χ2n) is 6.52. The number of carbonyl (C=O) groups excluding carboxylic acids is 2. The summed E-state index contributed by atoms with van der Waals surface area (Å²) in [5.74, 6) is -1.47. The van der Waals surface area contributed by atoms with Crippen LogP contribution < -0.4 is 5.48 Å². The lowest BCUT2D eigenvalue weighted by atomic mass is 10.0. The molecule has 0 radical (unpaired) electrons. The number of hydroxylamine groups is 1. The molecule has 0 saturated carbocycles. The van der Waals surface area contributed by atoms with Gasteiger partial charge in [-0.25, -0.2) is 9.87 Å². The van der Waals surface area contributed by atoms with Crippen molar-refractivity contribution < 1.29 is 19.2 Å². The predicted molar refractivity (Wildman–Crippen MR) is 96.7 cm³/mol. The van der Waals surface area contributed by atoms with Gasteiger partial charge in [0.2, 0.25) is 0 Å². The van der Waals surface area contributed by atoms with E-state index >= 15 is 0 Å². The Balaban J connectivity index is 1.74. The van der Waals surface area contributed by atoms with Crippen molar-refractivity contribution in [2.24, 2.45) is 0 Å². The highest BCUT2D eigenvalue weighted by Gasteiger charge is 2.28. The van der Waals surface area contributed by atoms with E-state index in [1.54, 1.807) is 27.1 Å². The number of amides is 2. The smallest absolute Gasteiger partial charge is 0.263 e. The number of aromatic nitrogens is 1. The van der Waals surface area contributed by atoms with Gasteiger partial charge in [0.1, 0.15) is 12.4 Å². The summed E-state index contributed by atoms with van der Waals surface area (Å²) in [5, 5.41) is 9.93. The molecular formula is C20H18FN3O3. The molecule has 2 heterocycles. The Kier molecular flexibility index (Phi) is 4.37. The third-order valence-electron chi connectivity index (χ3n) is 4.98. The SMILES string of the molecule is O=C(Cn1c2c(c3ccccc31)CCN(C(=O)c1ccccc1F)C2)NO. The molecule has 0 spiro atoms. The van der Waals surface area contributed by atoms with E-state index in [9.17, 15) is 14.0 Å². The molecular weight excluding hydrogens is 349 g/mol. The second-order valence-corrected chi connectivity index (χ2v) is 6.52. The summed E-state index contributed by atoms with van der Waals surface area (Å²) in [6, 6.07) is 13.6. The van der Waals surface area contributed by atoms with E-state index in [2.05, 4.69) is 0 Å². The zero-order chi connectivity index (χ0) is 19.0. The van der Waals surface area contributed by atoms with E-state index < -0.39 is 11.7 Å². The largest absolute Gasteiger partial charge is 0.333 e. The van der Waals surface area contributed by atoms with Crippen LogP contribution in [0.3, 0.4) is 0 Å². The number of nitrogens with one attached hydrogen (secondary N) is 1. The third kappa shape index (κ3) is 2.96. The predicted octanol–water partition coefficient (Wildman–Crippen LogP) is 2.48. The molecule has 2 N–H and O–H groups in total. The van der Waals surface area contributed by atoms with Crippen molar-refractivity contribution in [3.8, 4) is 0 Å². The van der Waals surface area contributed by atoms with Gasteiger partial charge in [-0.05, 0) is 30.2 Å². The van der Waals surface area contributed by atoms with Crippen LogP contribution in [0.25, 0.3) is 10.9 Å². The van der Waals surface area contributed by atoms with Crippen LogP contribution >= 0.6 is 0 Å². The summed E-state index contributed by atoms with van der Waals surface area (Å²) < 4.78 is 15.8. The summed E-state index contributed by atoms with van der Waals surface area (Å²) in [6.07, 6.45) is 0.615. The maximum Gasteiger partial charge on any atom is 0.263 e. The van der Waals surface area contributed by atoms with Gasteiger partial charge >= 0.3 is 0 Å². The highest BCUT2D eigenvalue weighted by atomic mass is 19.1. The molecule has 4 rings (SSSR count). The average Bonchev–Trinajstić information content (AvgIpc) is 3.01. The minimum atomic E-state index is -0.548. The molecule has 0 fully saturated rings. The van der Waals surface area contributed by atoms with E-state index in [1.807, 2.05) is 24.3 Å². The van der Waals surface area contributed by atoms with E-state index in [-0.39, 0.29) is 24.6 Å². The number of halogens is 1. The molecule has 0 atom stereocenters. The standard InChI is InChI=1S/C20H18FN3O3/c21-16-7-3-1-6-15(16)20(26)23-10-9-14-13-5-2-4-8-17(13)24(18(14)11-23)12-19(25)22-27/h1-8,27H,9-12H2,(H,22,25). The van der Waals surface area contributed by atoms with Crippen molar-refractivity contribution in [2.45, 2.75) is 19.5 Å². The molecule has 0 unspecified atom stereocenters. The Morgan fingerprint density at radius 2 is 1.85 bits per heavy atom. The lowest BCUT2D eigenvalue weighted by molar-refractivity contribution is -0.129. The number of hydrogen-bond donors (Lipinski definition) is 2. The van der Waals surface area contributed by atoms with Crippen molar-refractivity contribution in [1.82, 2.24) is 14.9 Å². The Morgan fingerprint density at radius 1 is 1.11 bits per heavy atom. The second kappa shape index (κ2) is 6.85. The molecule has 6 nitrogen and oxygen atoms in total. The van der Waals surface area contributed by atoms with Crippen molar-refractivity contribution in [1.29, 1.82) is 0 Å². The van der Waals surface area contributed by atoms with E-state index in [0.717, 1.165) is 22.2 Å². The van der Waals surface area contributed by atoms with Crippen molar-refractivity contribution in [3.05, 3.63) is 71.2 Å². The Morgan fingerprint density at radius 3 is 2.63 bits per heavy atom. The number of rotatable bonds is 3. The number of carbonyl (C=O) groups is 2. The molecule has 0 aliphatic carbocycles. The third-order valence-corrected chi connectivity index (χ3v) is 4.98. The summed E-state index contributed by atoms with van der Waals surface area (Å²) in [6.45, 7) is 0.685. The zero-order valence-corrected chi connectivity index (χ0v) is 14.5. The normalized spacial score (nSPS) is 13.5. The topological polar surface area (TPSA) is 74.6 Å². The minimum absolute atomic E-state index is 0.0386. The summed E-state index contributed by atoms with van der Waals surface area (Å²) >= 11 is 0. The molecule has 1 aliphatic heterocycles. The van der Waals surface area contributed by atoms with Gasteiger partial charge in [-0.3, -0.25) is 14.8 Å². The first-order chi connectivity index (χ1) is 13.1. The maximum absolute atomic E-state index is 14.0. The Hall–Kier alpha value is -3.19. The number of benzene rings is 2. The fourth-order valence-corrected chi connectivity index (χ4v) is 3.73. The molecule has 1 aromatic heterocycles. The van der Waals surface area contributed by atoms with Crippen LogP contribution in [0.5, 0.6) is 0 Å². The minimum Gasteiger partial charge on any atom is -0.333 e. The lowest BCUT2D eigenvalue weighted by Gasteiger charge is -2.28. The van der Waals surface area contributed by atoms with Gasteiger partial charge in [0.15, 0.2) is 0 Å². The van der Waals surface area contributed by atoms with E-state index in [0.29, 0.717) is 13.0 Å². The van der Waals surface area contributed by atoms with Crippen LogP contribution in [0.4, 0.5) is 4.39 Å². The van der Waals surface area contributed by atoms with Crippen LogP contribution in [-0.4, -0.2) is 33.0 Å². The van der Waals surface area contributed by atoms with E-state index in [1.165, 1.54) is 12.1 Å². The van der Waals surface area contributed by atoms with Crippen LogP contribution in [0, 0.1) is 5.82 Å². The monoisotopic (exact) mass is 367 g/mol. The van der Waals surface area contributed by atoms with Gasteiger partial charge in [0, 0.05) is 23.1 Å². The highest BCUT2D eigenvalue weighted by molar-refractivity contribution is 5.95. The lowest BCUT2D eigenvalue weighted by Crippen LogP contribution is -2.37. The summed E-state index contributed by atoms with van der Waals surface area (Å²) in [5.41, 5.74) is 4.46. The molecule has 1 aliphatic rings. The molecule has 0 saturated heterocycles. The average molecular weight is 367 g/mol. The number of fused-ring (bicyclic) bond motifs is 3. The number of para-hydroxylation sites is 1. The quantitative estimate of drug-likeness (QED) is 0.552. The first kappa shape index (κ1) is 17.2. The van der Waals surface area contributed by atoms with Crippen LogP contribution in [0.1, 0.15) is 21.6 Å². The molecule has 0 bridgehead atoms. The van der Waals surface area contributed by atoms with Gasteiger partial charge in [0.25, 0.3) is 11.8 Å². The van der Waals surface area contributed by atoms with Crippen LogP contribution in [0.15, 0.2) is 48.5 Å². The van der Waals surface area contributed by atoms with Gasteiger partial charge in [-0.1, -0.05) is 30.3 Å². The fraction of sp³-hybridized carbons (Fsp3) is 0.200. The van der Waals surface area contributed by atoms with Crippen molar-refractivity contribution >= 4 is 22.7 Å². The number of hydrogen-bond acceptors (Lipinski definition) is 3. The summed E-state index contributed by atoms with van der Waals surface area (Å²) in [4.78, 5) is 26.2. The van der Waals surface area contributed by atoms with Crippen LogP contribution in [0.2, 0.25) is 0 Å². The van der Waals surface area contributed by atoms with Gasteiger partial charge < -0.3 is 9.47 Å². The van der Waals surface area contributed by atoms with Crippen LogP contribution in [-0.2, 0) is 24.3 Å². The zero-order valence-electron chi connectivity index (χ0n) is 14.5. The van der Waals surface area contributed by atoms with Crippen molar-refractivity contribution in [2.75, 3.05) is 6.54 Å². The maximum atomic E-state index is 14.0. The molecule has 138 valence electrons. The molecule has 2 amide bonds. The Bertz CT molecular complexity index is 1040. The van der Waals surface area contributed by atoms with E-state index in [4.69, 9.17) is 5.21 Å². The Labute approximate surface area is 154 Å². The number of nitrogens with zero attached hydrogens (tertiary/aromatic N) is 2. The molecule has 2 aromatic carbocycles.